The summed E-state index contributed by atoms with van der Waals surface area (Å²) in [4.78, 5) is 25.8. The maximum absolute atomic E-state index is 11.5. The van der Waals surface area contributed by atoms with Gasteiger partial charge in [-0.3, -0.25) is 9.18 Å². The van der Waals surface area contributed by atoms with Crippen LogP contribution in [0.25, 0.3) is 0 Å². The van der Waals surface area contributed by atoms with Gasteiger partial charge < -0.3 is 5.32 Å². The van der Waals surface area contributed by atoms with Crippen LogP contribution in [0.4, 0.5) is 13.3 Å². The SMILES string of the molecule is FCOF.O=C=NCNC(=O)CCCCF. The normalized spacial score (nSPS) is 8.44. The highest BCUT2D eigenvalue weighted by molar-refractivity contribution is 5.75. The summed E-state index contributed by atoms with van der Waals surface area (Å²) in [5.74, 6) is -0.220. The van der Waals surface area contributed by atoms with E-state index in [-0.39, 0.29) is 19.0 Å². The number of hydrogen-bond acceptors (Lipinski definition) is 4. The van der Waals surface area contributed by atoms with Gasteiger partial charge in [0.15, 0.2) is 0 Å². The Hall–Kier alpha value is -1.40. The first-order chi connectivity index (χ1) is 7.72. The minimum atomic E-state index is -1.35. The minimum Gasteiger partial charge on any atom is -0.336 e. The highest BCUT2D eigenvalue weighted by Crippen LogP contribution is 1.94. The van der Waals surface area contributed by atoms with E-state index in [9.17, 15) is 22.9 Å². The van der Waals surface area contributed by atoms with Gasteiger partial charge in [0.25, 0.3) is 0 Å². The van der Waals surface area contributed by atoms with E-state index in [1.165, 1.54) is 6.08 Å². The van der Waals surface area contributed by atoms with E-state index in [1.54, 1.807) is 0 Å². The molecule has 0 atom stereocenters. The summed E-state index contributed by atoms with van der Waals surface area (Å²) in [6, 6.07) is 0. The third-order valence-electron chi connectivity index (χ3n) is 1.25. The highest BCUT2D eigenvalue weighted by Gasteiger charge is 1.98. The minimum absolute atomic E-state index is 0.0437. The van der Waals surface area contributed by atoms with Crippen LogP contribution < -0.4 is 5.32 Å². The lowest BCUT2D eigenvalue weighted by atomic mass is 10.2. The van der Waals surface area contributed by atoms with Gasteiger partial charge in [-0.25, -0.2) is 9.18 Å². The number of nitrogens with zero attached hydrogens (tertiary/aromatic N) is 1. The van der Waals surface area contributed by atoms with Gasteiger partial charge in [0.1, 0.15) is 6.67 Å². The number of halogens is 3. The van der Waals surface area contributed by atoms with Gasteiger partial charge in [-0.1, -0.05) is 0 Å². The number of amides is 1. The van der Waals surface area contributed by atoms with E-state index in [0.717, 1.165) is 0 Å². The zero-order valence-electron chi connectivity index (χ0n) is 8.55. The molecule has 1 amide bonds. The van der Waals surface area contributed by atoms with Crippen molar-refractivity contribution in [3.8, 4) is 0 Å². The second-order valence-corrected chi connectivity index (χ2v) is 2.37. The predicted molar refractivity (Wildman–Crippen MR) is 49.1 cm³/mol. The molecule has 0 unspecified atom stereocenters. The van der Waals surface area contributed by atoms with Crippen LogP contribution in [-0.2, 0) is 14.5 Å². The second-order valence-electron chi connectivity index (χ2n) is 2.37. The van der Waals surface area contributed by atoms with E-state index in [4.69, 9.17) is 0 Å². The molecule has 0 rings (SSSR count). The molecule has 0 aromatic carbocycles. The first kappa shape index (κ1) is 17.0. The lowest BCUT2D eigenvalue weighted by molar-refractivity contribution is -0.167. The molecule has 0 aliphatic heterocycles. The molecule has 0 fully saturated rings. The van der Waals surface area contributed by atoms with Gasteiger partial charge in [0.05, 0.1) is 6.67 Å². The largest absolute Gasteiger partial charge is 0.336 e. The summed E-state index contributed by atoms with van der Waals surface area (Å²) >= 11 is 0. The molecule has 5 nitrogen and oxygen atoms in total. The van der Waals surface area contributed by atoms with Gasteiger partial charge >= 0.3 is 0 Å². The Kier molecular flexibility index (Phi) is 17.1. The van der Waals surface area contributed by atoms with Gasteiger partial charge in [-0.2, -0.15) is 9.93 Å². The predicted octanol–water partition coefficient (Wildman–Crippen LogP) is 1.35. The molecule has 94 valence electrons. The summed E-state index contributed by atoms with van der Waals surface area (Å²) in [6.45, 7) is -1.79. The molecular weight excluding hydrogens is 229 g/mol. The highest BCUT2D eigenvalue weighted by atomic mass is 19.3. The van der Waals surface area contributed by atoms with Crippen molar-refractivity contribution in [1.82, 2.24) is 5.32 Å². The van der Waals surface area contributed by atoms with Crippen molar-refractivity contribution >= 4 is 12.0 Å². The maximum Gasteiger partial charge on any atom is 0.236 e. The summed E-state index contributed by atoms with van der Waals surface area (Å²) in [5.41, 5.74) is 0. The fourth-order valence-electron chi connectivity index (χ4n) is 0.628. The molecule has 8 heteroatoms. The number of carbonyl (C=O) groups is 1. The third-order valence-corrected chi connectivity index (χ3v) is 1.25. The van der Waals surface area contributed by atoms with Crippen molar-refractivity contribution in [2.24, 2.45) is 4.99 Å². The number of hydrogen-bond donors (Lipinski definition) is 1. The number of rotatable bonds is 7. The Balaban J connectivity index is 0. The van der Waals surface area contributed by atoms with Crippen molar-refractivity contribution < 1.29 is 27.8 Å². The molecule has 0 aliphatic rings. The van der Waals surface area contributed by atoms with Crippen molar-refractivity contribution in [3.63, 3.8) is 0 Å². The molecule has 16 heavy (non-hydrogen) atoms. The van der Waals surface area contributed by atoms with E-state index in [2.05, 4.69) is 15.3 Å². The van der Waals surface area contributed by atoms with Crippen LogP contribution in [0.3, 0.4) is 0 Å². The first-order valence-corrected chi connectivity index (χ1v) is 4.38. The summed E-state index contributed by atoms with van der Waals surface area (Å²) in [6.07, 6.45) is 2.48. The lowest BCUT2D eigenvalue weighted by Gasteiger charge is -1.98. The topological polar surface area (TPSA) is 67.8 Å². The maximum atomic E-state index is 11.5. The zero-order valence-corrected chi connectivity index (χ0v) is 8.55. The fraction of sp³-hybridized carbons (Fsp3) is 0.750. The molecule has 0 bridgehead atoms. The Labute approximate surface area is 90.6 Å². The summed E-state index contributed by atoms with van der Waals surface area (Å²) in [7, 11) is 0. The lowest BCUT2D eigenvalue weighted by Crippen LogP contribution is -2.22. The van der Waals surface area contributed by atoms with Crippen LogP contribution in [0.1, 0.15) is 19.3 Å². The molecule has 0 aromatic heterocycles. The number of alkyl halides is 2. The van der Waals surface area contributed by atoms with Crippen molar-refractivity contribution in [3.05, 3.63) is 0 Å². The summed E-state index contributed by atoms with van der Waals surface area (Å²) < 4.78 is 31.5. The van der Waals surface area contributed by atoms with E-state index < -0.39 is 13.5 Å². The molecular formula is C8H13F3N2O3. The Morgan fingerprint density at radius 2 is 2.00 bits per heavy atom. The van der Waals surface area contributed by atoms with Crippen LogP contribution in [-0.4, -0.2) is 32.2 Å². The molecule has 0 saturated heterocycles. The molecule has 0 radical (unpaired) electrons. The van der Waals surface area contributed by atoms with Crippen LogP contribution >= 0.6 is 0 Å². The quantitative estimate of drug-likeness (QED) is 0.416. The number of unbranched alkanes of at least 4 members (excludes halogenated alkanes) is 1. The third kappa shape index (κ3) is 18.4. The number of nitrogens with one attached hydrogen (secondary N) is 1. The number of aliphatic imine (C=N–C) groups is 1. The standard InChI is InChI=1S/C7H11FN2O2.CH2F2O/c8-4-2-1-3-7(12)10-5-9-6-11;2-1-4-3/h1-5H2,(H,10,12);1H2. The monoisotopic (exact) mass is 242 g/mol. The van der Waals surface area contributed by atoms with Gasteiger partial charge in [-0.05, 0) is 17.4 Å². The Morgan fingerprint density at radius 1 is 1.38 bits per heavy atom. The van der Waals surface area contributed by atoms with Gasteiger partial charge in [-0.15, -0.1) is 0 Å². The molecule has 0 heterocycles. The van der Waals surface area contributed by atoms with E-state index in [1.807, 2.05) is 0 Å². The fourth-order valence-corrected chi connectivity index (χ4v) is 0.628. The first-order valence-electron chi connectivity index (χ1n) is 4.38. The van der Waals surface area contributed by atoms with Crippen LogP contribution in [0.15, 0.2) is 4.99 Å². The molecule has 0 spiro atoms. The number of isocyanates is 1. The number of carbonyl (C=O) groups excluding carboxylic acids is 2. The average Bonchev–Trinajstić information content (AvgIpc) is 2.30. The van der Waals surface area contributed by atoms with Crippen LogP contribution in [0.2, 0.25) is 0 Å². The zero-order chi connectivity index (χ0) is 12.6. The second kappa shape index (κ2) is 16.0. The van der Waals surface area contributed by atoms with Crippen LogP contribution in [0.5, 0.6) is 0 Å². The van der Waals surface area contributed by atoms with Crippen molar-refractivity contribution in [2.75, 3.05) is 20.2 Å². The van der Waals surface area contributed by atoms with E-state index >= 15 is 0 Å². The molecule has 1 N–H and O–H groups in total. The average molecular weight is 242 g/mol. The molecule has 0 saturated carbocycles. The van der Waals surface area contributed by atoms with Crippen LogP contribution in [0, 0.1) is 0 Å². The van der Waals surface area contributed by atoms with Crippen molar-refractivity contribution in [2.45, 2.75) is 19.3 Å². The molecule has 0 aromatic rings. The van der Waals surface area contributed by atoms with E-state index in [0.29, 0.717) is 12.8 Å². The Morgan fingerprint density at radius 3 is 2.44 bits per heavy atom. The summed E-state index contributed by atoms with van der Waals surface area (Å²) in [5, 5.41) is 2.35. The van der Waals surface area contributed by atoms with Gasteiger partial charge in [0, 0.05) is 6.42 Å². The smallest absolute Gasteiger partial charge is 0.236 e. The van der Waals surface area contributed by atoms with Crippen molar-refractivity contribution in [1.29, 1.82) is 0 Å². The molecule has 0 aliphatic carbocycles. The van der Waals surface area contributed by atoms with Gasteiger partial charge in [0.2, 0.25) is 18.8 Å². The Bertz CT molecular complexity index is 209.